The average molecular weight is 360 g/mol. The summed E-state index contributed by atoms with van der Waals surface area (Å²) in [5.74, 6) is 0. The van der Waals surface area contributed by atoms with Crippen LogP contribution in [0.1, 0.15) is 13.8 Å². The second kappa shape index (κ2) is 7.08. The van der Waals surface area contributed by atoms with E-state index in [0.717, 1.165) is 0 Å². The Morgan fingerprint density at radius 2 is 1.00 bits per heavy atom. The van der Waals surface area contributed by atoms with E-state index < -0.39 is 38.7 Å². The van der Waals surface area contributed by atoms with E-state index in [-0.39, 0.29) is 0 Å². The topological polar surface area (TPSA) is 36.9 Å². The summed E-state index contributed by atoms with van der Waals surface area (Å²) in [6, 6.07) is 0. The van der Waals surface area contributed by atoms with Crippen LogP contribution in [0.3, 0.4) is 0 Å². The van der Waals surface area contributed by atoms with Crippen molar-refractivity contribution < 1.29 is 32.7 Å². The van der Waals surface area contributed by atoms with Crippen molar-refractivity contribution in [3.05, 3.63) is 0 Å². The molecule has 0 amide bonds. The molecule has 0 saturated heterocycles. The normalized spacial score (nSPS) is 14.1. The van der Waals surface area contributed by atoms with E-state index in [4.69, 9.17) is 10.6 Å². The first-order valence-electron chi connectivity index (χ1n) is 6.22. The molecule has 7 heteroatoms. The standard InChI is InChI=1S/2C3H9OSi.2C2H5O.Zr/c2*1-5(2,3)4;2*1-2-3;/h2*1-3H3;2*2H2,1H3;/q4*-1;+4. The summed E-state index contributed by atoms with van der Waals surface area (Å²) in [5.41, 5.74) is 0. The van der Waals surface area contributed by atoms with Crippen LogP contribution in [0.4, 0.5) is 0 Å². The van der Waals surface area contributed by atoms with Gasteiger partial charge in [0.1, 0.15) is 0 Å². The van der Waals surface area contributed by atoms with Gasteiger partial charge in [0.25, 0.3) is 0 Å². The Bertz CT molecular complexity index is 201. The van der Waals surface area contributed by atoms with Crippen molar-refractivity contribution in [1.29, 1.82) is 0 Å². The van der Waals surface area contributed by atoms with Crippen molar-refractivity contribution in [3.8, 4) is 0 Å². The molecule has 0 unspecified atom stereocenters. The molecule has 0 saturated carbocycles. The molecule has 0 N–H and O–H groups in total. The first kappa shape index (κ1) is 18.2. The van der Waals surface area contributed by atoms with E-state index in [1.54, 1.807) is 0 Å². The van der Waals surface area contributed by atoms with Crippen molar-refractivity contribution in [3.63, 3.8) is 0 Å². The van der Waals surface area contributed by atoms with Gasteiger partial charge in [0, 0.05) is 0 Å². The first-order valence-corrected chi connectivity index (χ1v) is 17.0. The van der Waals surface area contributed by atoms with E-state index in [9.17, 15) is 0 Å². The van der Waals surface area contributed by atoms with Crippen LogP contribution in [0, 0.1) is 0 Å². The van der Waals surface area contributed by atoms with Crippen LogP contribution in [0.2, 0.25) is 39.3 Å². The number of rotatable bonds is 8. The third-order valence-corrected chi connectivity index (χ3v) is 19.1. The molecule has 0 aromatic heterocycles. The van der Waals surface area contributed by atoms with Gasteiger partial charge in [-0.05, 0) is 0 Å². The Hall–Kier alpha value is 1.16. The molecule has 0 aromatic carbocycles. The van der Waals surface area contributed by atoms with Crippen molar-refractivity contribution >= 4 is 16.6 Å². The van der Waals surface area contributed by atoms with Gasteiger partial charge in [-0.25, -0.2) is 0 Å². The minimum atomic E-state index is -3.78. The summed E-state index contributed by atoms with van der Waals surface area (Å²) >= 11 is -3.78. The predicted octanol–water partition coefficient (Wildman–Crippen LogP) is 3.58. The van der Waals surface area contributed by atoms with Crippen molar-refractivity contribution in [2.75, 3.05) is 13.2 Å². The van der Waals surface area contributed by atoms with Crippen molar-refractivity contribution in [2.24, 2.45) is 0 Å². The van der Waals surface area contributed by atoms with Crippen LogP contribution in [0.25, 0.3) is 0 Å². The van der Waals surface area contributed by atoms with Gasteiger partial charge < -0.3 is 0 Å². The molecule has 0 rings (SSSR count). The third kappa shape index (κ3) is 8.81. The molecule has 0 spiro atoms. The van der Waals surface area contributed by atoms with Gasteiger partial charge in [-0.1, -0.05) is 0 Å². The molecule has 0 heterocycles. The fourth-order valence-electron chi connectivity index (χ4n) is 1.28. The SMILES string of the molecule is CC[O][Zr]([O]CC)([O][Si](C)(C)C)[O][Si](C)(C)C. The summed E-state index contributed by atoms with van der Waals surface area (Å²) in [6.45, 7) is 18.0. The predicted molar refractivity (Wildman–Crippen MR) is 72.1 cm³/mol. The fourth-order valence-corrected chi connectivity index (χ4v) is 18.9. The number of hydrogen-bond donors (Lipinski definition) is 0. The van der Waals surface area contributed by atoms with Gasteiger partial charge in [0.15, 0.2) is 0 Å². The Labute approximate surface area is 115 Å². The van der Waals surface area contributed by atoms with Gasteiger partial charge in [-0.15, -0.1) is 0 Å². The van der Waals surface area contributed by atoms with Crippen LogP contribution < -0.4 is 0 Å². The van der Waals surface area contributed by atoms with Crippen LogP contribution in [0.5, 0.6) is 0 Å². The van der Waals surface area contributed by atoms with Crippen LogP contribution in [-0.4, -0.2) is 29.8 Å². The average Bonchev–Trinajstić information content (AvgIpc) is 1.96. The fraction of sp³-hybridized carbons (Fsp3) is 1.00. The van der Waals surface area contributed by atoms with Crippen LogP contribution in [-0.2, 0) is 32.7 Å². The van der Waals surface area contributed by atoms with Gasteiger partial charge in [0.05, 0.1) is 0 Å². The summed E-state index contributed by atoms with van der Waals surface area (Å²) < 4.78 is 24.1. The molecule has 0 radical (unpaired) electrons. The molecular weight excluding hydrogens is 332 g/mol. The molecule has 4 nitrogen and oxygen atoms in total. The second-order valence-corrected chi connectivity index (χ2v) is 21.5. The number of hydrogen-bond acceptors (Lipinski definition) is 4. The summed E-state index contributed by atoms with van der Waals surface area (Å²) in [6.07, 6.45) is 0. The molecule has 0 aliphatic rings. The second-order valence-electron chi connectivity index (χ2n) is 5.79. The molecule has 0 fully saturated rings. The molecule has 0 aliphatic heterocycles. The van der Waals surface area contributed by atoms with Gasteiger partial charge >= 0.3 is 116 Å². The Kier molecular flexibility index (Phi) is 7.56. The van der Waals surface area contributed by atoms with E-state index in [2.05, 4.69) is 39.3 Å². The zero-order valence-electron chi connectivity index (χ0n) is 12.5. The zero-order valence-corrected chi connectivity index (χ0v) is 17.0. The Morgan fingerprint density at radius 1 is 0.706 bits per heavy atom. The molecule has 104 valence electrons. The first-order chi connectivity index (χ1) is 7.54. The van der Waals surface area contributed by atoms with Crippen LogP contribution >= 0.6 is 0 Å². The monoisotopic (exact) mass is 358 g/mol. The van der Waals surface area contributed by atoms with Gasteiger partial charge in [-0.3, -0.25) is 0 Å². The zero-order chi connectivity index (χ0) is 13.7. The molecule has 0 aromatic rings. The van der Waals surface area contributed by atoms with E-state index in [1.807, 2.05) is 13.8 Å². The van der Waals surface area contributed by atoms with Gasteiger partial charge in [0.2, 0.25) is 0 Å². The van der Waals surface area contributed by atoms with E-state index in [0.29, 0.717) is 13.2 Å². The quantitative estimate of drug-likeness (QED) is 0.621. The van der Waals surface area contributed by atoms with E-state index >= 15 is 0 Å². The summed E-state index contributed by atoms with van der Waals surface area (Å²) in [7, 11) is -3.45. The van der Waals surface area contributed by atoms with Crippen molar-refractivity contribution in [2.45, 2.75) is 53.1 Å². The van der Waals surface area contributed by atoms with E-state index in [1.165, 1.54) is 0 Å². The molecule has 0 aliphatic carbocycles. The van der Waals surface area contributed by atoms with Gasteiger partial charge in [-0.2, -0.15) is 0 Å². The maximum absolute atomic E-state index is 6.20. The summed E-state index contributed by atoms with van der Waals surface area (Å²) in [5, 5.41) is 0. The summed E-state index contributed by atoms with van der Waals surface area (Å²) in [4.78, 5) is 0. The molecule has 0 bridgehead atoms. The Morgan fingerprint density at radius 3 is 1.18 bits per heavy atom. The molecule has 17 heavy (non-hydrogen) atoms. The maximum atomic E-state index is 6.20. The Balaban J connectivity index is 4.97. The van der Waals surface area contributed by atoms with Crippen molar-refractivity contribution in [1.82, 2.24) is 0 Å². The molecular formula is C10H28O4Si2Zr. The minimum absolute atomic E-state index is 0.588. The van der Waals surface area contributed by atoms with Crippen LogP contribution in [0.15, 0.2) is 0 Å². The molecule has 0 atom stereocenters. The third-order valence-electron chi connectivity index (χ3n) is 1.50.